The van der Waals surface area contributed by atoms with Gasteiger partial charge in [-0.25, -0.2) is 4.79 Å². The number of carboxylic acid groups (broad SMARTS) is 1. The fourth-order valence-electron chi connectivity index (χ4n) is 1.40. The van der Waals surface area contributed by atoms with E-state index in [0.717, 1.165) is 23.6 Å². The number of aryl methyl sites for hydroxylation is 1. The SMILES string of the molecule is Cc1cc(NCCSCCCO)c(C(=O)O)cn1. The van der Waals surface area contributed by atoms with E-state index in [4.69, 9.17) is 10.2 Å². The van der Waals surface area contributed by atoms with Crippen LogP contribution in [0.25, 0.3) is 0 Å². The van der Waals surface area contributed by atoms with Crippen molar-refractivity contribution in [2.45, 2.75) is 13.3 Å². The van der Waals surface area contributed by atoms with Crippen LogP contribution in [0.3, 0.4) is 0 Å². The minimum Gasteiger partial charge on any atom is -0.478 e. The molecule has 5 nitrogen and oxygen atoms in total. The Morgan fingerprint density at radius 1 is 1.50 bits per heavy atom. The first-order valence-electron chi connectivity index (χ1n) is 5.77. The Morgan fingerprint density at radius 3 is 2.94 bits per heavy atom. The Balaban J connectivity index is 2.45. The summed E-state index contributed by atoms with van der Waals surface area (Å²) in [5.74, 6) is 0.817. The van der Waals surface area contributed by atoms with Crippen molar-refractivity contribution >= 4 is 23.4 Å². The molecular weight excluding hydrogens is 252 g/mol. The smallest absolute Gasteiger partial charge is 0.339 e. The molecular formula is C12H18N2O3S. The molecule has 0 unspecified atom stereocenters. The molecule has 1 aromatic heterocycles. The van der Waals surface area contributed by atoms with Gasteiger partial charge in [-0.2, -0.15) is 11.8 Å². The standard InChI is InChI=1S/C12H18N2O3S/c1-9-7-11(10(8-14-9)12(16)17)13-3-6-18-5-2-4-15/h7-8,15H,2-6H2,1H3,(H,13,14)(H,16,17). The summed E-state index contributed by atoms with van der Waals surface area (Å²) >= 11 is 1.73. The van der Waals surface area contributed by atoms with Crippen molar-refractivity contribution in [1.29, 1.82) is 0 Å². The summed E-state index contributed by atoms with van der Waals surface area (Å²) in [6.45, 7) is 2.74. The molecule has 18 heavy (non-hydrogen) atoms. The summed E-state index contributed by atoms with van der Waals surface area (Å²) in [5.41, 5.74) is 1.59. The van der Waals surface area contributed by atoms with Gasteiger partial charge in [0.25, 0.3) is 0 Å². The van der Waals surface area contributed by atoms with Crippen LogP contribution in [0, 0.1) is 6.92 Å². The first-order valence-corrected chi connectivity index (χ1v) is 6.93. The zero-order valence-corrected chi connectivity index (χ0v) is 11.2. The van der Waals surface area contributed by atoms with E-state index in [1.807, 2.05) is 6.92 Å². The van der Waals surface area contributed by atoms with Gasteiger partial charge in [0.05, 0.1) is 5.69 Å². The van der Waals surface area contributed by atoms with Gasteiger partial charge in [-0.05, 0) is 25.2 Å². The Kier molecular flexibility index (Phi) is 6.53. The predicted octanol–water partition coefficient (Wildman–Crippen LogP) is 1.62. The van der Waals surface area contributed by atoms with Crippen LogP contribution in [0.15, 0.2) is 12.3 Å². The summed E-state index contributed by atoms with van der Waals surface area (Å²) in [6.07, 6.45) is 2.16. The Labute approximate surface area is 111 Å². The van der Waals surface area contributed by atoms with Gasteiger partial charge in [-0.3, -0.25) is 4.98 Å². The zero-order valence-electron chi connectivity index (χ0n) is 10.3. The van der Waals surface area contributed by atoms with Gasteiger partial charge in [0.2, 0.25) is 0 Å². The number of carboxylic acids is 1. The molecule has 0 atom stereocenters. The van der Waals surface area contributed by atoms with Crippen LogP contribution < -0.4 is 5.32 Å². The van der Waals surface area contributed by atoms with Gasteiger partial charge in [-0.15, -0.1) is 0 Å². The maximum absolute atomic E-state index is 11.0. The number of anilines is 1. The van der Waals surface area contributed by atoms with E-state index in [9.17, 15) is 4.79 Å². The van der Waals surface area contributed by atoms with Crippen molar-refractivity contribution in [3.63, 3.8) is 0 Å². The lowest BCUT2D eigenvalue weighted by Gasteiger charge is -2.09. The van der Waals surface area contributed by atoms with Crippen LogP contribution in [-0.2, 0) is 0 Å². The third-order valence-corrected chi connectivity index (χ3v) is 3.35. The van der Waals surface area contributed by atoms with Crippen LogP contribution in [0.2, 0.25) is 0 Å². The molecule has 0 amide bonds. The molecule has 0 aromatic carbocycles. The number of aliphatic hydroxyl groups excluding tert-OH is 1. The topological polar surface area (TPSA) is 82.5 Å². The molecule has 100 valence electrons. The minimum absolute atomic E-state index is 0.195. The molecule has 1 aromatic rings. The molecule has 0 bridgehead atoms. The molecule has 6 heteroatoms. The van der Waals surface area contributed by atoms with Crippen LogP contribution in [0.4, 0.5) is 5.69 Å². The van der Waals surface area contributed by atoms with E-state index < -0.39 is 5.97 Å². The summed E-state index contributed by atoms with van der Waals surface area (Å²) in [5, 5.41) is 20.8. The summed E-state index contributed by atoms with van der Waals surface area (Å²) in [7, 11) is 0. The third kappa shape index (κ3) is 4.93. The van der Waals surface area contributed by atoms with Gasteiger partial charge in [0.1, 0.15) is 5.56 Å². The number of nitrogens with zero attached hydrogens (tertiary/aromatic N) is 1. The summed E-state index contributed by atoms with van der Waals surface area (Å²) in [6, 6.07) is 1.74. The second-order valence-electron chi connectivity index (χ2n) is 3.79. The number of carbonyl (C=O) groups is 1. The third-order valence-electron chi connectivity index (χ3n) is 2.28. The van der Waals surface area contributed by atoms with Crippen molar-refractivity contribution in [3.05, 3.63) is 23.5 Å². The van der Waals surface area contributed by atoms with Crippen molar-refractivity contribution in [2.75, 3.05) is 30.0 Å². The molecule has 3 N–H and O–H groups in total. The Morgan fingerprint density at radius 2 is 2.28 bits per heavy atom. The first kappa shape index (κ1) is 14.8. The number of pyridine rings is 1. The second-order valence-corrected chi connectivity index (χ2v) is 5.02. The average molecular weight is 270 g/mol. The highest BCUT2D eigenvalue weighted by Gasteiger charge is 2.10. The highest BCUT2D eigenvalue weighted by Crippen LogP contribution is 2.15. The number of rotatable bonds is 8. The number of aromatic carboxylic acids is 1. The monoisotopic (exact) mass is 270 g/mol. The fourth-order valence-corrected chi connectivity index (χ4v) is 2.19. The van der Waals surface area contributed by atoms with Gasteiger partial charge >= 0.3 is 5.97 Å². The number of thioether (sulfide) groups is 1. The number of hydrogen-bond donors (Lipinski definition) is 3. The number of aliphatic hydroxyl groups is 1. The predicted molar refractivity (Wildman–Crippen MR) is 73.5 cm³/mol. The maximum atomic E-state index is 11.0. The average Bonchev–Trinajstić information content (AvgIpc) is 2.33. The van der Waals surface area contributed by atoms with Crippen LogP contribution in [0.5, 0.6) is 0 Å². The molecule has 0 radical (unpaired) electrons. The van der Waals surface area contributed by atoms with Crippen molar-refractivity contribution in [2.24, 2.45) is 0 Å². The molecule has 0 aliphatic carbocycles. The van der Waals surface area contributed by atoms with E-state index in [2.05, 4.69) is 10.3 Å². The van der Waals surface area contributed by atoms with Gasteiger partial charge in [0, 0.05) is 30.8 Å². The lowest BCUT2D eigenvalue weighted by atomic mass is 10.2. The molecule has 0 aliphatic heterocycles. The molecule has 0 saturated carbocycles. The summed E-state index contributed by atoms with van der Waals surface area (Å²) in [4.78, 5) is 15.0. The summed E-state index contributed by atoms with van der Waals surface area (Å²) < 4.78 is 0. The first-order chi connectivity index (χ1) is 8.65. The number of nitrogens with one attached hydrogen (secondary N) is 1. The Bertz CT molecular complexity index is 399. The van der Waals surface area contributed by atoms with Crippen molar-refractivity contribution in [1.82, 2.24) is 4.98 Å². The molecule has 1 heterocycles. The molecule has 0 spiro atoms. The van der Waals surface area contributed by atoms with Crippen molar-refractivity contribution < 1.29 is 15.0 Å². The van der Waals surface area contributed by atoms with E-state index in [1.165, 1.54) is 6.20 Å². The normalized spacial score (nSPS) is 10.3. The maximum Gasteiger partial charge on any atom is 0.339 e. The molecule has 0 fully saturated rings. The van der Waals surface area contributed by atoms with Gasteiger partial charge < -0.3 is 15.5 Å². The highest BCUT2D eigenvalue weighted by atomic mass is 32.2. The van der Waals surface area contributed by atoms with Gasteiger partial charge in [-0.1, -0.05) is 0 Å². The lowest BCUT2D eigenvalue weighted by molar-refractivity contribution is 0.0697. The van der Waals surface area contributed by atoms with Crippen molar-refractivity contribution in [3.8, 4) is 0 Å². The largest absolute Gasteiger partial charge is 0.478 e. The lowest BCUT2D eigenvalue weighted by Crippen LogP contribution is -2.10. The zero-order chi connectivity index (χ0) is 13.4. The molecule has 0 saturated heterocycles. The fraction of sp³-hybridized carbons (Fsp3) is 0.500. The molecule has 0 aliphatic rings. The van der Waals surface area contributed by atoms with E-state index in [1.54, 1.807) is 17.8 Å². The van der Waals surface area contributed by atoms with Gasteiger partial charge in [0.15, 0.2) is 0 Å². The quantitative estimate of drug-likeness (QED) is 0.623. The number of hydrogen-bond acceptors (Lipinski definition) is 5. The number of aromatic nitrogens is 1. The minimum atomic E-state index is -0.974. The highest BCUT2D eigenvalue weighted by molar-refractivity contribution is 7.99. The van der Waals surface area contributed by atoms with E-state index >= 15 is 0 Å². The van der Waals surface area contributed by atoms with Crippen LogP contribution >= 0.6 is 11.8 Å². The van der Waals surface area contributed by atoms with Crippen LogP contribution in [0.1, 0.15) is 22.5 Å². The van der Waals surface area contributed by atoms with E-state index in [0.29, 0.717) is 12.2 Å². The van der Waals surface area contributed by atoms with Crippen LogP contribution in [-0.4, -0.2) is 45.8 Å². The van der Waals surface area contributed by atoms with E-state index in [-0.39, 0.29) is 12.2 Å². The molecule has 1 rings (SSSR count). The second kappa shape index (κ2) is 7.94. The Hall–Kier alpha value is -1.27.